The predicted molar refractivity (Wildman–Crippen MR) is 123 cm³/mol. The molecule has 2 aromatic carbocycles. The van der Waals surface area contributed by atoms with E-state index >= 15 is 0 Å². The number of nitrogens with zero attached hydrogens (tertiary/aromatic N) is 3. The van der Waals surface area contributed by atoms with Crippen molar-refractivity contribution in [3.63, 3.8) is 0 Å². The number of aryl methyl sites for hydroxylation is 3. The molecule has 32 heavy (non-hydrogen) atoms. The Morgan fingerprint density at radius 1 is 1.12 bits per heavy atom. The van der Waals surface area contributed by atoms with E-state index in [0.717, 1.165) is 21.7 Å². The predicted octanol–water partition coefficient (Wildman–Crippen LogP) is 4.58. The van der Waals surface area contributed by atoms with Crippen LogP contribution < -0.4 is 15.1 Å². The molecule has 1 amide bonds. The number of amides is 1. The highest BCUT2D eigenvalue weighted by Crippen LogP contribution is 2.42. The van der Waals surface area contributed by atoms with Gasteiger partial charge in [-0.15, -0.1) is 10.2 Å². The lowest BCUT2D eigenvalue weighted by atomic mass is 9.97. The van der Waals surface area contributed by atoms with Crippen molar-refractivity contribution >= 4 is 33.3 Å². The van der Waals surface area contributed by atoms with Crippen molar-refractivity contribution in [2.75, 3.05) is 12.0 Å². The third-order valence-electron chi connectivity index (χ3n) is 5.86. The molecule has 0 bridgehead atoms. The second kappa shape index (κ2) is 7.56. The van der Waals surface area contributed by atoms with Gasteiger partial charge in [0.25, 0.3) is 5.91 Å². The number of aromatic nitrogens is 2. The highest BCUT2D eigenvalue weighted by molar-refractivity contribution is 7.15. The van der Waals surface area contributed by atoms with Crippen LogP contribution in [0.15, 0.2) is 45.6 Å². The fourth-order valence-electron chi connectivity index (χ4n) is 4.04. The Labute approximate surface area is 188 Å². The third-order valence-corrected chi connectivity index (χ3v) is 6.93. The van der Waals surface area contributed by atoms with Gasteiger partial charge in [0, 0.05) is 0 Å². The first kappa shape index (κ1) is 20.4. The summed E-state index contributed by atoms with van der Waals surface area (Å²) in [5.41, 5.74) is 3.22. The summed E-state index contributed by atoms with van der Waals surface area (Å²) in [4.78, 5) is 28.8. The van der Waals surface area contributed by atoms with Crippen LogP contribution in [-0.2, 0) is 6.42 Å². The van der Waals surface area contributed by atoms with Gasteiger partial charge in [0.1, 0.15) is 16.3 Å². The molecule has 0 aliphatic carbocycles. The number of fused-ring (bicyclic) bond motifs is 2. The lowest BCUT2D eigenvalue weighted by Gasteiger charge is -2.22. The minimum atomic E-state index is -0.687. The van der Waals surface area contributed by atoms with Crippen molar-refractivity contribution in [1.29, 1.82) is 0 Å². The van der Waals surface area contributed by atoms with Crippen LogP contribution in [0.2, 0.25) is 0 Å². The summed E-state index contributed by atoms with van der Waals surface area (Å²) in [6.07, 6.45) is 0.704. The molecule has 8 heteroatoms. The largest absolute Gasteiger partial charge is 0.497 e. The quantitative estimate of drug-likeness (QED) is 0.455. The van der Waals surface area contributed by atoms with Gasteiger partial charge in [0.05, 0.1) is 24.1 Å². The number of hydrogen-bond acceptors (Lipinski definition) is 7. The van der Waals surface area contributed by atoms with Gasteiger partial charge >= 0.3 is 0 Å². The summed E-state index contributed by atoms with van der Waals surface area (Å²) in [6, 6.07) is 10.3. The van der Waals surface area contributed by atoms with Gasteiger partial charge in [-0.3, -0.25) is 14.5 Å². The summed E-state index contributed by atoms with van der Waals surface area (Å²) in [7, 11) is 1.58. The number of ether oxygens (including phenoxy) is 1. The van der Waals surface area contributed by atoms with Crippen LogP contribution in [-0.4, -0.2) is 23.2 Å². The number of carbonyl (C=O) groups is 1. The molecule has 1 unspecified atom stereocenters. The van der Waals surface area contributed by atoms with Crippen molar-refractivity contribution in [2.24, 2.45) is 0 Å². The van der Waals surface area contributed by atoms with Crippen molar-refractivity contribution in [3.05, 3.63) is 79.6 Å². The van der Waals surface area contributed by atoms with Gasteiger partial charge in [0.15, 0.2) is 5.43 Å². The fraction of sp³-hybridized carbons (Fsp3) is 0.250. The molecular formula is C24H21N3O4S. The molecule has 0 spiro atoms. The minimum absolute atomic E-state index is 0.0480. The van der Waals surface area contributed by atoms with Crippen LogP contribution in [0.5, 0.6) is 5.75 Å². The van der Waals surface area contributed by atoms with Crippen molar-refractivity contribution in [1.82, 2.24) is 10.2 Å². The van der Waals surface area contributed by atoms with Crippen LogP contribution in [0.4, 0.5) is 5.13 Å². The van der Waals surface area contributed by atoms with Crippen molar-refractivity contribution in [3.8, 4) is 5.75 Å². The van der Waals surface area contributed by atoms with Crippen LogP contribution in [0, 0.1) is 13.8 Å². The number of benzene rings is 2. The van der Waals surface area contributed by atoms with Crippen LogP contribution >= 0.6 is 11.3 Å². The van der Waals surface area contributed by atoms with E-state index in [1.165, 1.54) is 16.2 Å². The molecule has 162 valence electrons. The Morgan fingerprint density at radius 2 is 1.91 bits per heavy atom. The molecule has 0 N–H and O–H groups in total. The fourth-order valence-corrected chi connectivity index (χ4v) is 4.84. The summed E-state index contributed by atoms with van der Waals surface area (Å²) in [5, 5.41) is 10.1. The average molecular weight is 448 g/mol. The first-order chi connectivity index (χ1) is 15.4. The zero-order chi connectivity index (χ0) is 22.6. The number of carbonyl (C=O) groups excluding carboxylic acids is 1. The van der Waals surface area contributed by atoms with Crippen LogP contribution in [0.1, 0.15) is 50.8 Å². The van der Waals surface area contributed by atoms with E-state index in [9.17, 15) is 9.59 Å². The third kappa shape index (κ3) is 3.02. The molecule has 0 saturated heterocycles. The number of hydrogen-bond donors (Lipinski definition) is 0. The summed E-state index contributed by atoms with van der Waals surface area (Å²) < 4.78 is 11.5. The molecule has 0 fully saturated rings. The van der Waals surface area contributed by atoms with E-state index < -0.39 is 11.9 Å². The van der Waals surface area contributed by atoms with E-state index in [-0.39, 0.29) is 11.2 Å². The molecule has 0 radical (unpaired) electrons. The maximum atomic E-state index is 13.7. The molecule has 5 rings (SSSR count). The van der Waals surface area contributed by atoms with E-state index in [2.05, 4.69) is 10.2 Å². The Morgan fingerprint density at radius 3 is 2.62 bits per heavy atom. The Bertz CT molecular complexity index is 1440. The van der Waals surface area contributed by atoms with Gasteiger partial charge in [-0.2, -0.15) is 0 Å². The first-order valence-electron chi connectivity index (χ1n) is 10.3. The second-order valence-electron chi connectivity index (χ2n) is 7.79. The molecule has 1 atom stereocenters. The molecule has 1 aliphatic rings. The number of rotatable bonds is 4. The van der Waals surface area contributed by atoms with E-state index in [4.69, 9.17) is 9.15 Å². The highest BCUT2D eigenvalue weighted by atomic mass is 32.1. The standard InChI is InChI=1S/C24H21N3O4S/c1-5-18-25-26-24(32-18)27-20(14-7-6-8-15(11-14)30-4)19-21(28)16-9-12(2)13(3)10-17(16)31-22(19)23(27)29/h6-11,20H,5H2,1-4H3. The normalized spacial score (nSPS) is 15.4. The number of anilines is 1. The maximum absolute atomic E-state index is 13.7. The molecule has 3 heterocycles. The minimum Gasteiger partial charge on any atom is -0.497 e. The Hall–Kier alpha value is -3.52. The van der Waals surface area contributed by atoms with Crippen molar-refractivity contribution < 1.29 is 13.9 Å². The smallest absolute Gasteiger partial charge is 0.297 e. The van der Waals surface area contributed by atoms with Crippen LogP contribution in [0.3, 0.4) is 0 Å². The summed E-state index contributed by atoms with van der Waals surface area (Å²) in [5.74, 6) is 0.280. The van der Waals surface area contributed by atoms with E-state index in [1.807, 2.05) is 57.2 Å². The van der Waals surface area contributed by atoms with Gasteiger partial charge in [0.2, 0.25) is 10.9 Å². The molecule has 4 aromatic rings. The van der Waals surface area contributed by atoms with Gasteiger partial charge in [-0.1, -0.05) is 30.4 Å². The van der Waals surface area contributed by atoms with Gasteiger partial charge < -0.3 is 9.15 Å². The Kier molecular flexibility index (Phi) is 4.82. The Balaban J connectivity index is 1.81. The summed E-state index contributed by atoms with van der Waals surface area (Å²) in [6.45, 7) is 5.88. The molecule has 2 aromatic heterocycles. The van der Waals surface area contributed by atoms with E-state index in [0.29, 0.717) is 33.8 Å². The first-order valence-corrected chi connectivity index (χ1v) is 11.1. The summed E-state index contributed by atoms with van der Waals surface area (Å²) >= 11 is 1.34. The van der Waals surface area contributed by atoms with Crippen LogP contribution in [0.25, 0.3) is 11.0 Å². The average Bonchev–Trinajstić information content (AvgIpc) is 3.38. The molecular weight excluding hydrogens is 426 g/mol. The topological polar surface area (TPSA) is 85.5 Å². The van der Waals surface area contributed by atoms with Crippen molar-refractivity contribution in [2.45, 2.75) is 33.2 Å². The van der Waals surface area contributed by atoms with E-state index in [1.54, 1.807) is 7.11 Å². The molecule has 7 nitrogen and oxygen atoms in total. The maximum Gasteiger partial charge on any atom is 0.297 e. The monoisotopic (exact) mass is 447 g/mol. The van der Waals surface area contributed by atoms with Gasteiger partial charge in [-0.25, -0.2) is 0 Å². The zero-order valence-electron chi connectivity index (χ0n) is 18.1. The lowest BCUT2D eigenvalue weighted by molar-refractivity contribution is 0.0970. The molecule has 1 aliphatic heterocycles. The number of methoxy groups -OCH3 is 1. The lowest BCUT2D eigenvalue weighted by Crippen LogP contribution is -2.29. The molecule has 0 saturated carbocycles. The SMILES string of the molecule is CCc1nnc(N2C(=O)c3oc4cc(C)c(C)cc4c(=O)c3C2c2cccc(OC)c2)s1. The second-order valence-corrected chi connectivity index (χ2v) is 8.83. The highest BCUT2D eigenvalue weighted by Gasteiger charge is 2.45. The zero-order valence-corrected chi connectivity index (χ0v) is 18.9. The van der Waals surface area contributed by atoms with Gasteiger partial charge in [-0.05, 0) is 61.2 Å².